The Morgan fingerprint density at radius 2 is 2.10 bits per heavy atom. The van der Waals surface area contributed by atoms with E-state index < -0.39 is 4.92 Å². The number of piperazine rings is 1. The van der Waals surface area contributed by atoms with Crippen molar-refractivity contribution in [3.05, 3.63) is 57.3 Å². The van der Waals surface area contributed by atoms with Gasteiger partial charge in [0.15, 0.2) is 0 Å². The smallest absolute Gasteiger partial charge is 0.293 e. The largest absolute Gasteiger partial charge is 0.363 e. The van der Waals surface area contributed by atoms with Crippen LogP contribution in [-0.4, -0.2) is 46.1 Å². The number of thiophene rings is 1. The molecule has 4 rings (SSSR count). The number of hydrogen-bond acceptors (Lipinski definition) is 9. The molecule has 1 atom stereocenters. The lowest BCUT2D eigenvalue weighted by Crippen LogP contribution is -2.47. The standard InChI is InChI=1S/C19H18N6O3S/c1-13(19-21-18(22-28-19)17-3-2-10-29-17)23-6-8-24(9-7-23)15-5-4-14(12-20)11-16(15)25(26)27/h2-5,10-11,13H,6-9H2,1H3. The highest BCUT2D eigenvalue weighted by atomic mass is 32.1. The fourth-order valence-electron chi connectivity index (χ4n) is 3.42. The molecule has 1 aliphatic rings. The Hall–Kier alpha value is -3.29. The zero-order valence-corrected chi connectivity index (χ0v) is 16.5. The van der Waals surface area contributed by atoms with E-state index in [4.69, 9.17) is 9.78 Å². The van der Waals surface area contributed by atoms with Gasteiger partial charge >= 0.3 is 0 Å². The number of hydrogen-bond donors (Lipinski definition) is 0. The minimum absolute atomic E-state index is 0.0389. The second-order valence-corrected chi connectivity index (χ2v) is 7.65. The molecular formula is C19H18N6O3S. The van der Waals surface area contributed by atoms with Crippen LogP contribution in [-0.2, 0) is 0 Å². The molecular weight excluding hydrogens is 392 g/mol. The molecule has 0 saturated carbocycles. The molecule has 1 aliphatic heterocycles. The Balaban J connectivity index is 1.45. The molecule has 3 aromatic rings. The first-order valence-corrected chi connectivity index (χ1v) is 10.00. The monoisotopic (exact) mass is 410 g/mol. The molecule has 2 aromatic heterocycles. The van der Waals surface area contributed by atoms with Gasteiger partial charge in [-0.2, -0.15) is 10.2 Å². The summed E-state index contributed by atoms with van der Waals surface area (Å²) in [6.07, 6.45) is 0. The number of benzene rings is 1. The van der Waals surface area contributed by atoms with E-state index in [1.54, 1.807) is 23.5 Å². The molecule has 1 saturated heterocycles. The molecule has 0 N–H and O–H groups in total. The normalized spacial score (nSPS) is 15.8. The predicted octanol–water partition coefficient (Wildman–Crippen LogP) is 3.46. The molecule has 1 unspecified atom stereocenters. The Kier molecular flexibility index (Phi) is 5.24. The highest BCUT2D eigenvalue weighted by molar-refractivity contribution is 7.13. The number of nitrogens with zero attached hydrogens (tertiary/aromatic N) is 6. The van der Waals surface area contributed by atoms with Crippen molar-refractivity contribution in [1.82, 2.24) is 15.0 Å². The number of nitriles is 1. The molecule has 0 radical (unpaired) electrons. The molecule has 0 aliphatic carbocycles. The minimum atomic E-state index is -0.435. The van der Waals surface area contributed by atoms with Crippen LogP contribution in [0.1, 0.15) is 24.4 Å². The van der Waals surface area contributed by atoms with E-state index in [0.717, 1.165) is 4.88 Å². The van der Waals surface area contributed by atoms with Crippen LogP contribution in [0.15, 0.2) is 40.2 Å². The van der Waals surface area contributed by atoms with Crippen LogP contribution in [0.2, 0.25) is 0 Å². The van der Waals surface area contributed by atoms with Gasteiger partial charge in [0.1, 0.15) is 5.69 Å². The van der Waals surface area contributed by atoms with E-state index in [1.165, 1.54) is 6.07 Å². The van der Waals surface area contributed by atoms with Crippen LogP contribution in [0.5, 0.6) is 0 Å². The Labute approximate surface area is 170 Å². The maximum Gasteiger partial charge on any atom is 0.293 e. The molecule has 10 heteroatoms. The molecule has 3 heterocycles. The van der Waals surface area contributed by atoms with Gasteiger partial charge in [-0.1, -0.05) is 11.2 Å². The summed E-state index contributed by atoms with van der Waals surface area (Å²) in [7, 11) is 0. The number of aromatic nitrogens is 2. The highest BCUT2D eigenvalue weighted by Gasteiger charge is 2.28. The van der Waals surface area contributed by atoms with Crippen molar-refractivity contribution < 1.29 is 9.45 Å². The molecule has 29 heavy (non-hydrogen) atoms. The summed E-state index contributed by atoms with van der Waals surface area (Å²) in [6.45, 7) is 4.68. The van der Waals surface area contributed by atoms with E-state index in [1.807, 2.05) is 35.4 Å². The summed E-state index contributed by atoms with van der Waals surface area (Å²) in [6, 6.07) is 10.4. The van der Waals surface area contributed by atoms with Gasteiger partial charge in [-0.05, 0) is 30.5 Å². The summed E-state index contributed by atoms with van der Waals surface area (Å²) in [4.78, 5) is 20.7. The minimum Gasteiger partial charge on any atom is -0.363 e. The Bertz CT molecular complexity index is 1050. The van der Waals surface area contributed by atoms with Gasteiger partial charge in [0.05, 0.1) is 27.5 Å². The van der Waals surface area contributed by atoms with Crippen LogP contribution in [0.4, 0.5) is 11.4 Å². The van der Waals surface area contributed by atoms with E-state index in [0.29, 0.717) is 43.6 Å². The van der Waals surface area contributed by atoms with Gasteiger partial charge in [0.25, 0.3) is 5.69 Å². The molecule has 9 nitrogen and oxygen atoms in total. The zero-order chi connectivity index (χ0) is 20.4. The first-order valence-electron chi connectivity index (χ1n) is 9.12. The first kappa shape index (κ1) is 19.0. The summed E-state index contributed by atoms with van der Waals surface area (Å²) in [5.74, 6) is 1.15. The van der Waals surface area contributed by atoms with Crippen LogP contribution in [0, 0.1) is 21.4 Å². The van der Waals surface area contributed by atoms with E-state index in [-0.39, 0.29) is 17.3 Å². The maximum absolute atomic E-state index is 11.4. The van der Waals surface area contributed by atoms with Crippen molar-refractivity contribution in [2.75, 3.05) is 31.1 Å². The van der Waals surface area contributed by atoms with Gasteiger partial charge in [-0.15, -0.1) is 11.3 Å². The second kappa shape index (κ2) is 7.98. The van der Waals surface area contributed by atoms with Gasteiger partial charge in [-0.25, -0.2) is 0 Å². The lowest BCUT2D eigenvalue weighted by molar-refractivity contribution is -0.384. The van der Waals surface area contributed by atoms with Crippen molar-refractivity contribution in [2.45, 2.75) is 13.0 Å². The van der Waals surface area contributed by atoms with E-state index in [9.17, 15) is 10.1 Å². The van der Waals surface area contributed by atoms with Crippen molar-refractivity contribution in [2.24, 2.45) is 0 Å². The van der Waals surface area contributed by atoms with Crippen molar-refractivity contribution in [3.63, 3.8) is 0 Å². The average molecular weight is 410 g/mol. The summed E-state index contributed by atoms with van der Waals surface area (Å²) in [5.41, 5.74) is 0.785. The number of nitro benzene ring substituents is 1. The van der Waals surface area contributed by atoms with Crippen LogP contribution < -0.4 is 4.90 Å². The number of nitro groups is 1. The highest BCUT2D eigenvalue weighted by Crippen LogP contribution is 2.31. The lowest BCUT2D eigenvalue weighted by atomic mass is 10.1. The number of anilines is 1. The Morgan fingerprint density at radius 3 is 2.76 bits per heavy atom. The summed E-state index contributed by atoms with van der Waals surface area (Å²) in [5, 5.41) is 26.5. The topological polar surface area (TPSA) is 112 Å². The summed E-state index contributed by atoms with van der Waals surface area (Å²) < 4.78 is 5.46. The predicted molar refractivity (Wildman–Crippen MR) is 108 cm³/mol. The van der Waals surface area contributed by atoms with Crippen molar-refractivity contribution >= 4 is 22.7 Å². The number of rotatable bonds is 5. The molecule has 0 spiro atoms. The maximum atomic E-state index is 11.4. The van der Waals surface area contributed by atoms with Gasteiger partial charge < -0.3 is 9.42 Å². The Morgan fingerprint density at radius 1 is 1.31 bits per heavy atom. The third-order valence-corrected chi connectivity index (χ3v) is 5.91. The molecule has 0 amide bonds. The van der Waals surface area contributed by atoms with E-state index in [2.05, 4.69) is 15.0 Å². The van der Waals surface area contributed by atoms with Crippen molar-refractivity contribution in [1.29, 1.82) is 5.26 Å². The van der Waals surface area contributed by atoms with Gasteiger partial charge in [0.2, 0.25) is 11.7 Å². The molecule has 1 fully saturated rings. The average Bonchev–Trinajstić information content (AvgIpc) is 3.44. The van der Waals surface area contributed by atoms with Gasteiger partial charge in [0, 0.05) is 32.2 Å². The first-order chi connectivity index (χ1) is 14.1. The SMILES string of the molecule is CC(c1nc(-c2cccs2)no1)N1CCN(c2ccc(C#N)cc2[N+](=O)[O-])CC1. The molecule has 1 aromatic carbocycles. The molecule has 148 valence electrons. The lowest BCUT2D eigenvalue weighted by Gasteiger charge is -2.37. The van der Waals surface area contributed by atoms with Crippen LogP contribution >= 0.6 is 11.3 Å². The third kappa shape index (κ3) is 3.83. The zero-order valence-electron chi connectivity index (χ0n) is 15.7. The second-order valence-electron chi connectivity index (χ2n) is 6.70. The van der Waals surface area contributed by atoms with Crippen molar-refractivity contribution in [3.8, 4) is 16.8 Å². The third-order valence-electron chi connectivity index (χ3n) is 5.04. The summed E-state index contributed by atoms with van der Waals surface area (Å²) >= 11 is 1.56. The van der Waals surface area contributed by atoms with Crippen LogP contribution in [0.25, 0.3) is 10.7 Å². The fourth-order valence-corrected chi connectivity index (χ4v) is 4.07. The van der Waals surface area contributed by atoms with E-state index >= 15 is 0 Å². The van der Waals surface area contributed by atoms with Crippen LogP contribution in [0.3, 0.4) is 0 Å². The quantitative estimate of drug-likeness (QED) is 0.464. The van der Waals surface area contributed by atoms with Gasteiger partial charge in [-0.3, -0.25) is 15.0 Å². The molecule has 0 bridgehead atoms. The fraction of sp³-hybridized carbons (Fsp3) is 0.316.